The average Bonchev–Trinajstić information content (AvgIpc) is 3.32. The summed E-state index contributed by atoms with van der Waals surface area (Å²) >= 11 is 0. The van der Waals surface area contributed by atoms with Gasteiger partial charge in [0, 0.05) is 46.3 Å². The highest BCUT2D eigenvalue weighted by Crippen LogP contribution is 2.34. The molecule has 0 aliphatic rings. The summed E-state index contributed by atoms with van der Waals surface area (Å²) in [5, 5.41) is 21.8. The van der Waals surface area contributed by atoms with E-state index in [9.17, 15) is 5.26 Å². The molecule has 0 bridgehead atoms. The molecule has 154 valence electrons. The number of benzene rings is 3. The van der Waals surface area contributed by atoms with Crippen LogP contribution in [0, 0.1) is 18.0 Å². The monoisotopic (exact) mass is 434 g/mol. The van der Waals surface area contributed by atoms with Crippen molar-refractivity contribution in [1.82, 2.24) is 19.9 Å². The molecule has 0 saturated carbocycles. The van der Waals surface area contributed by atoms with Crippen molar-refractivity contribution in [3.05, 3.63) is 83.4 Å². The smallest absolute Gasteiger partial charge is 0.206 e. The normalized spacial score (nSPS) is 13.0. The van der Waals surface area contributed by atoms with Gasteiger partial charge in [-0.15, -0.1) is 4.95 Å². The van der Waals surface area contributed by atoms with Gasteiger partial charge in [-0.25, -0.2) is 0 Å². The van der Waals surface area contributed by atoms with Crippen LogP contribution in [-0.2, 0) is 0 Å². The number of hydrogen-bond acceptors (Lipinski definition) is 7. The largest absolute Gasteiger partial charge is 0.253 e. The summed E-state index contributed by atoms with van der Waals surface area (Å²) in [6.45, 7) is 7.40. The molecule has 0 aliphatic carbocycles. The highest BCUT2D eigenvalue weighted by atomic mass is 15.2. The second-order valence-electron chi connectivity index (χ2n) is 7.94. The first-order valence-corrected chi connectivity index (χ1v) is 10.4. The Labute approximate surface area is 190 Å². The molecule has 7 aromatic rings. The molecule has 0 atom stereocenters. The molecule has 8 heteroatoms. The molecule has 8 nitrogen and oxygen atoms in total. The number of fused-ring (bicyclic) bond motifs is 8. The summed E-state index contributed by atoms with van der Waals surface area (Å²) in [5.74, 6) is 0. The van der Waals surface area contributed by atoms with E-state index in [0.29, 0.717) is 10.7 Å². The fraction of sp³-hybridized carbons (Fsp3) is 0. The van der Waals surface area contributed by atoms with Gasteiger partial charge in [-0.05, 0) is 57.9 Å². The second kappa shape index (κ2) is 6.58. The topological polar surface area (TPSA) is 104 Å². The van der Waals surface area contributed by atoms with E-state index in [4.69, 9.17) is 6.57 Å². The summed E-state index contributed by atoms with van der Waals surface area (Å²) in [6.07, 6.45) is 8.55. The second-order valence-corrected chi connectivity index (χ2v) is 7.94. The first-order chi connectivity index (χ1) is 16.8. The third-order valence-electron chi connectivity index (χ3n) is 6.29. The molecule has 2 aromatic heterocycles. The molecule has 0 unspecified atom stereocenters. The van der Waals surface area contributed by atoms with Crippen molar-refractivity contribution in [1.29, 1.82) is 5.26 Å². The SMILES string of the molecule is [C-]#[N+]/N=c1\c2cc3nccnc3cc2c2cc3c(=NC#N)c4cc5nccnc5cc4c3cc12. The summed E-state index contributed by atoms with van der Waals surface area (Å²) in [6, 6.07) is 11.8. The minimum absolute atomic E-state index is 0.598. The van der Waals surface area contributed by atoms with Gasteiger partial charge >= 0.3 is 0 Å². The van der Waals surface area contributed by atoms with Gasteiger partial charge in [-0.1, -0.05) is 0 Å². The molecule has 2 heterocycles. The van der Waals surface area contributed by atoms with Crippen LogP contribution in [0.15, 0.2) is 71.3 Å². The van der Waals surface area contributed by atoms with Gasteiger partial charge in [0.1, 0.15) is 0 Å². The molecule has 0 fully saturated rings. The van der Waals surface area contributed by atoms with Gasteiger partial charge < -0.3 is 0 Å². The lowest BCUT2D eigenvalue weighted by Crippen LogP contribution is -1.99. The molecule has 0 N–H and O–H groups in total. The Morgan fingerprint density at radius 2 is 0.971 bits per heavy atom. The van der Waals surface area contributed by atoms with Crippen molar-refractivity contribution in [3.63, 3.8) is 0 Å². The van der Waals surface area contributed by atoms with Gasteiger partial charge in [0.15, 0.2) is 5.36 Å². The van der Waals surface area contributed by atoms with Crippen LogP contribution in [0.3, 0.4) is 0 Å². The zero-order valence-corrected chi connectivity index (χ0v) is 17.4. The Morgan fingerprint density at radius 1 is 0.588 bits per heavy atom. The maximum Gasteiger partial charge on any atom is 0.206 e. The average molecular weight is 434 g/mol. The van der Waals surface area contributed by atoms with Crippen molar-refractivity contribution in [2.24, 2.45) is 10.1 Å². The Balaban J connectivity index is 1.76. The van der Waals surface area contributed by atoms with Crippen molar-refractivity contribution >= 4 is 65.2 Å². The van der Waals surface area contributed by atoms with Gasteiger partial charge in [-0.3, -0.25) is 19.9 Å². The zero-order chi connectivity index (χ0) is 22.8. The van der Waals surface area contributed by atoms with E-state index in [2.05, 4.69) is 35.0 Å². The third-order valence-corrected chi connectivity index (χ3v) is 6.29. The molecule has 0 amide bonds. The van der Waals surface area contributed by atoms with Crippen LogP contribution < -0.4 is 10.7 Å². The first-order valence-electron chi connectivity index (χ1n) is 10.4. The molecule has 34 heavy (non-hydrogen) atoms. The summed E-state index contributed by atoms with van der Waals surface area (Å²) in [5.41, 5.74) is 2.99. The number of nitriles is 1. The lowest BCUT2D eigenvalue weighted by Gasteiger charge is -1.98. The number of aromatic nitrogens is 4. The highest BCUT2D eigenvalue weighted by Gasteiger charge is 2.18. The summed E-state index contributed by atoms with van der Waals surface area (Å²) in [7, 11) is 0. The molecule has 5 aromatic carbocycles. The lowest BCUT2D eigenvalue weighted by atomic mass is 10.1. The molecule has 7 rings (SSSR count). The zero-order valence-electron chi connectivity index (χ0n) is 17.4. The van der Waals surface area contributed by atoms with Crippen LogP contribution in [0.25, 0.3) is 70.1 Å². The summed E-state index contributed by atoms with van der Waals surface area (Å²) < 4.78 is 0. The predicted molar refractivity (Wildman–Crippen MR) is 128 cm³/mol. The molecular weight excluding hydrogens is 424 g/mol. The van der Waals surface area contributed by atoms with Crippen molar-refractivity contribution in [3.8, 4) is 6.19 Å². The molecule has 0 radical (unpaired) electrons. The van der Waals surface area contributed by atoms with E-state index in [1.54, 1.807) is 24.8 Å². The van der Waals surface area contributed by atoms with Gasteiger partial charge in [-0.2, -0.15) is 16.8 Å². The van der Waals surface area contributed by atoms with E-state index in [1.165, 1.54) is 0 Å². The van der Waals surface area contributed by atoms with E-state index in [0.717, 1.165) is 65.2 Å². The maximum absolute atomic E-state index is 9.44. The van der Waals surface area contributed by atoms with E-state index < -0.39 is 0 Å². The standard InChI is InChI=1S/C26H10N8/c1-28-34-26-18-7-13-15-8-21-23(31-4-2-29-21)10-19(15)25(33-12-27)17(13)6-14(18)16-9-22-24(11-20(16)26)32-5-3-30-22/h2-11H/b33-25?,34-26-. The molecule has 0 spiro atoms. The number of nitrogens with zero attached hydrogens (tertiary/aromatic N) is 8. The Bertz CT molecular complexity index is 2040. The van der Waals surface area contributed by atoms with Gasteiger partial charge in [0.2, 0.25) is 6.19 Å². The molecular formula is C26H10N8. The summed E-state index contributed by atoms with van der Waals surface area (Å²) in [4.78, 5) is 25.2. The van der Waals surface area contributed by atoms with E-state index >= 15 is 0 Å². The highest BCUT2D eigenvalue weighted by molar-refractivity contribution is 6.23. The van der Waals surface area contributed by atoms with Crippen LogP contribution >= 0.6 is 0 Å². The fourth-order valence-electron chi connectivity index (χ4n) is 4.91. The van der Waals surface area contributed by atoms with E-state index in [-0.39, 0.29) is 0 Å². The maximum atomic E-state index is 9.44. The van der Waals surface area contributed by atoms with Crippen LogP contribution in [0.1, 0.15) is 0 Å². The van der Waals surface area contributed by atoms with Crippen molar-refractivity contribution in [2.75, 3.05) is 0 Å². The van der Waals surface area contributed by atoms with Gasteiger partial charge in [0.05, 0.1) is 32.5 Å². The first kappa shape index (κ1) is 18.3. The Morgan fingerprint density at radius 3 is 1.44 bits per heavy atom. The van der Waals surface area contributed by atoms with Gasteiger partial charge in [0.25, 0.3) is 0 Å². The minimum Gasteiger partial charge on any atom is -0.253 e. The van der Waals surface area contributed by atoms with E-state index in [1.807, 2.05) is 42.6 Å². The predicted octanol–water partition coefficient (Wildman–Crippen LogP) is 4.18. The van der Waals surface area contributed by atoms with Crippen molar-refractivity contribution in [2.45, 2.75) is 0 Å². The lowest BCUT2D eigenvalue weighted by molar-refractivity contribution is 1.30. The minimum atomic E-state index is 0.598. The number of hydrogen-bond donors (Lipinski definition) is 0. The Kier molecular flexibility index (Phi) is 3.53. The fourth-order valence-corrected chi connectivity index (χ4v) is 4.91. The third kappa shape index (κ3) is 2.34. The Hall–Kier alpha value is -5.34. The number of rotatable bonds is 0. The quantitative estimate of drug-likeness (QED) is 0.202. The van der Waals surface area contributed by atoms with Crippen LogP contribution in [0.4, 0.5) is 0 Å². The van der Waals surface area contributed by atoms with Crippen molar-refractivity contribution < 1.29 is 0 Å². The van der Waals surface area contributed by atoms with Crippen LogP contribution in [0.2, 0.25) is 0 Å². The molecule has 0 saturated heterocycles. The molecule has 0 aliphatic heterocycles. The van der Waals surface area contributed by atoms with Crippen LogP contribution in [0.5, 0.6) is 0 Å². The van der Waals surface area contributed by atoms with Crippen LogP contribution in [-0.4, -0.2) is 19.9 Å².